The minimum absolute atomic E-state index is 0.0122. The van der Waals surface area contributed by atoms with Crippen LogP contribution in [0, 0.1) is 0 Å². The highest BCUT2D eigenvalue weighted by Gasteiger charge is 2.54. The number of oxime groups is 1. The summed E-state index contributed by atoms with van der Waals surface area (Å²) in [6.07, 6.45) is -0.121. The molecule has 4 rings (SSSR count). The van der Waals surface area contributed by atoms with Gasteiger partial charge in [-0.25, -0.2) is 14.6 Å². The molecule has 3 heterocycles. The zero-order valence-electron chi connectivity index (χ0n) is 20.5. The van der Waals surface area contributed by atoms with Crippen molar-refractivity contribution in [1.82, 2.24) is 15.2 Å². The van der Waals surface area contributed by atoms with E-state index in [9.17, 15) is 44.4 Å². The second-order valence-corrected chi connectivity index (χ2v) is 10.5. The van der Waals surface area contributed by atoms with Crippen LogP contribution in [0.4, 0.5) is 5.13 Å². The molecule has 2 aliphatic rings. The van der Waals surface area contributed by atoms with Gasteiger partial charge < -0.3 is 36.3 Å². The van der Waals surface area contributed by atoms with Gasteiger partial charge in [-0.3, -0.25) is 19.3 Å². The number of benzene rings is 1. The lowest BCUT2D eigenvalue weighted by atomic mass is 10.0. The number of carbonyl (C=O) groups is 5. The number of phenols is 2. The van der Waals surface area contributed by atoms with Crippen LogP contribution < -0.4 is 11.1 Å². The van der Waals surface area contributed by atoms with Gasteiger partial charge in [-0.05, 0) is 18.6 Å². The fraction of sp³-hybridized carbons (Fsp3) is 0.261. The molecular weight excluding hydrogens is 570 g/mol. The van der Waals surface area contributed by atoms with Gasteiger partial charge in [0.2, 0.25) is 0 Å². The molecule has 2 aliphatic heterocycles. The Balaban J connectivity index is 1.55. The lowest BCUT2D eigenvalue weighted by molar-refractivity contribution is -0.150. The Morgan fingerprint density at radius 1 is 1.23 bits per heavy atom. The van der Waals surface area contributed by atoms with Crippen molar-refractivity contribution >= 4 is 63.5 Å². The van der Waals surface area contributed by atoms with Crippen molar-refractivity contribution in [2.45, 2.75) is 31.4 Å². The van der Waals surface area contributed by atoms with Crippen LogP contribution in [0.3, 0.4) is 0 Å². The molecule has 15 nitrogen and oxygen atoms in total. The zero-order valence-corrected chi connectivity index (χ0v) is 22.1. The number of nitrogens with one attached hydrogen (secondary N) is 1. The van der Waals surface area contributed by atoms with Gasteiger partial charge in [0.15, 0.2) is 22.3 Å². The predicted molar refractivity (Wildman–Crippen MR) is 140 cm³/mol. The van der Waals surface area contributed by atoms with Crippen LogP contribution in [0.15, 0.2) is 33.9 Å². The fourth-order valence-electron chi connectivity index (χ4n) is 4.08. The number of carbonyl (C=O) groups excluding carboxylic acids is 3. The van der Waals surface area contributed by atoms with E-state index in [1.807, 2.05) is 0 Å². The van der Waals surface area contributed by atoms with E-state index in [-0.39, 0.29) is 40.0 Å². The van der Waals surface area contributed by atoms with Gasteiger partial charge >= 0.3 is 11.9 Å². The highest BCUT2D eigenvalue weighted by molar-refractivity contribution is 8.00. The maximum absolute atomic E-state index is 13.2. The Morgan fingerprint density at radius 2 is 1.95 bits per heavy atom. The third-order valence-electron chi connectivity index (χ3n) is 5.81. The monoisotopic (exact) mass is 591 g/mol. The van der Waals surface area contributed by atoms with Crippen molar-refractivity contribution in [3.8, 4) is 11.5 Å². The lowest BCUT2D eigenvalue weighted by Gasteiger charge is -2.49. The van der Waals surface area contributed by atoms with E-state index < -0.39 is 64.5 Å². The molecule has 1 aromatic heterocycles. The summed E-state index contributed by atoms with van der Waals surface area (Å²) < 4.78 is 0. The summed E-state index contributed by atoms with van der Waals surface area (Å²) >= 11 is 2.17. The first kappa shape index (κ1) is 28.4. The quantitative estimate of drug-likeness (QED) is 0.0954. The molecule has 2 atom stereocenters. The Labute approximate surface area is 232 Å². The Morgan fingerprint density at radius 3 is 2.55 bits per heavy atom. The number of amides is 2. The van der Waals surface area contributed by atoms with Gasteiger partial charge in [0, 0.05) is 23.1 Å². The topological polar surface area (TPSA) is 242 Å². The van der Waals surface area contributed by atoms with Gasteiger partial charge in [0.25, 0.3) is 11.8 Å². The molecule has 2 aromatic rings. The molecule has 1 fully saturated rings. The summed E-state index contributed by atoms with van der Waals surface area (Å²) in [5.74, 6) is -6.14. The number of ketones is 1. The standard InChI is InChI=1S/C23H21N5O10S2/c1-8(29)4-10-6-39-20-15(19(33)28(20)16(10)22(36)37)26-18(32)14(11-7-40-23(24)25-11)27-38-5-9-2-3-12(30)17(31)13(9)21(34)35/h2-3,7,15,20,30-31H,4-6H2,1H3,(H2,24,25)(H,26,32)(H,34,35)(H,36,37)/b27-14-/t15-,20-/m1/s1. The largest absolute Gasteiger partial charge is 0.504 e. The molecule has 0 aliphatic carbocycles. The number of aromatic carboxylic acids is 1. The Hall–Kier alpha value is -4.64. The number of carboxylic acids is 2. The van der Waals surface area contributed by atoms with Crippen molar-refractivity contribution in [1.29, 1.82) is 0 Å². The minimum atomic E-state index is -1.54. The number of rotatable bonds is 10. The van der Waals surface area contributed by atoms with Crippen LogP contribution in [0.5, 0.6) is 11.5 Å². The maximum Gasteiger partial charge on any atom is 0.352 e. The molecule has 1 aromatic carbocycles. The summed E-state index contributed by atoms with van der Waals surface area (Å²) in [6, 6.07) is 1.11. The first-order valence-electron chi connectivity index (χ1n) is 11.3. The Kier molecular flexibility index (Phi) is 7.96. The number of fused-ring (bicyclic) bond motifs is 1. The van der Waals surface area contributed by atoms with E-state index in [1.165, 1.54) is 30.1 Å². The first-order chi connectivity index (χ1) is 18.9. The average molecular weight is 592 g/mol. The number of nitrogens with zero attached hydrogens (tertiary/aromatic N) is 3. The average Bonchev–Trinajstić information content (AvgIpc) is 3.31. The summed E-state index contributed by atoms with van der Waals surface area (Å²) in [7, 11) is 0. The molecule has 210 valence electrons. The van der Waals surface area contributed by atoms with Gasteiger partial charge in [-0.15, -0.1) is 23.1 Å². The number of aliphatic carboxylic acids is 1. The number of nitrogens with two attached hydrogens (primary N) is 1. The number of Topliss-reactive ketones (excluding diaryl/α,β-unsaturated/α-hetero) is 1. The number of thioether (sulfide) groups is 1. The molecule has 0 saturated carbocycles. The summed E-state index contributed by atoms with van der Waals surface area (Å²) in [5.41, 5.74) is 4.57. The number of aromatic nitrogens is 1. The van der Waals surface area contributed by atoms with Crippen molar-refractivity contribution < 1.29 is 49.2 Å². The third kappa shape index (κ3) is 5.41. The van der Waals surface area contributed by atoms with E-state index in [4.69, 9.17) is 10.6 Å². The van der Waals surface area contributed by atoms with Crippen LogP contribution in [0.1, 0.15) is 35.0 Å². The first-order valence-corrected chi connectivity index (χ1v) is 13.2. The van der Waals surface area contributed by atoms with Crippen molar-refractivity contribution in [2.75, 3.05) is 11.5 Å². The third-order valence-corrected chi connectivity index (χ3v) is 7.82. The number of carboxylic acid groups (broad SMARTS) is 2. The van der Waals surface area contributed by atoms with Crippen molar-refractivity contribution in [3.63, 3.8) is 0 Å². The molecular formula is C23H21N5O10S2. The molecule has 1 saturated heterocycles. The SMILES string of the molecule is CC(=O)CC1=C(C(=O)O)N2C(=O)[C@@H](NC(=O)/C(=N\OCc3ccc(O)c(O)c3C(=O)O)c3csc(N)n3)[C@H]2SC1. The van der Waals surface area contributed by atoms with Crippen LogP contribution in [-0.4, -0.2) is 82.7 Å². The maximum atomic E-state index is 13.2. The Bertz CT molecular complexity index is 1500. The van der Waals surface area contributed by atoms with Crippen LogP contribution in [0.2, 0.25) is 0 Å². The van der Waals surface area contributed by atoms with Crippen LogP contribution in [0.25, 0.3) is 0 Å². The van der Waals surface area contributed by atoms with E-state index in [0.29, 0.717) is 5.57 Å². The second kappa shape index (κ2) is 11.2. The minimum Gasteiger partial charge on any atom is -0.504 e. The highest BCUT2D eigenvalue weighted by Crippen LogP contribution is 2.41. The van der Waals surface area contributed by atoms with Gasteiger partial charge in [-0.2, -0.15) is 0 Å². The van der Waals surface area contributed by atoms with Gasteiger partial charge in [0.1, 0.15) is 40.8 Å². The van der Waals surface area contributed by atoms with Crippen molar-refractivity contribution in [2.24, 2.45) is 5.16 Å². The summed E-state index contributed by atoms with van der Waals surface area (Å²) in [5, 5.41) is 45.5. The molecule has 0 radical (unpaired) electrons. The number of thiazole rings is 1. The predicted octanol–water partition coefficient (Wildman–Crippen LogP) is 0.473. The van der Waals surface area contributed by atoms with Crippen LogP contribution >= 0.6 is 23.1 Å². The molecule has 40 heavy (non-hydrogen) atoms. The lowest BCUT2D eigenvalue weighted by Crippen LogP contribution is -2.71. The molecule has 17 heteroatoms. The number of nitrogen functional groups attached to an aromatic ring is 1. The van der Waals surface area contributed by atoms with E-state index in [2.05, 4.69) is 15.5 Å². The molecule has 7 N–H and O–H groups in total. The number of hydrogen-bond donors (Lipinski definition) is 6. The summed E-state index contributed by atoms with van der Waals surface area (Å²) in [6.45, 7) is 0.775. The van der Waals surface area contributed by atoms with Crippen molar-refractivity contribution in [3.05, 3.63) is 45.6 Å². The normalized spacial score (nSPS) is 18.6. The smallest absolute Gasteiger partial charge is 0.352 e. The molecule has 0 bridgehead atoms. The molecule has 0 spiro atoms. The van der Waals surface area contributed by atoms with Gasteiger partial charge in [0.05, 0.1) is 0 Å². The zero-order chi connectivity index (χ0) is 29.3. The van der Waals surface area contributed by atoms with Gasteiger partial charge in [-0.1, -0.05) is 11.2 Å². The fourth-order valence-corrected chi connectivity index (χ4v) is 5.97. The number of hydrogen-bond acceptors (Lipinski definition) is 13. The molecule has 2 amide bonds. The van der Waals surface area contributed by atoms with E-state index in [1.54, 1.807) is 0 Å². The van der Waals surface area contributed by atoms with Crippen LogP contribution in [-0.2, 0) is 30.6 Å². The molecule has 0 unspecified atom stereocenters. The second-order valence-electron chi connectivity index (χ2n) is 8.55. The number of aromatic hydroxyl groups is 2. The highest BCUT2D eigenvalue weighted by atomic mass is 32.2. The van der Waals surface area contributed by atoms with E-state index >= 15 is 0 Å². The van der Waals surface area contributed by atoms with E-state index in [0.717, 1.165) is 22.3 Å². The number of phenolic OH excluding ortho intramolecular Hbond substituents is 1. The number of β-lactam (4-membered cyclic amide) rings is 1. The summed E-state index contributed by atoms with van der Waals surface area (Å²) in [4.78, 5) is 71.3. The number of anilines is 1.